The molecule has 1 aromatic rings. The van der Waals surface area contributed by atoms with Gasteiger partial charge in [0.25, 0.3) is 11.3 Å². The van der Waals surface area contributed by atoms with Gasteiger partial charge in [0, 0.05) is 12.1 Å². The number of carboxylic acids is 1. The van der Waals surface area contributed by atoms with Gasteiger partial charge in [-0.15, -0.1) is 0 Å². The summed E-state index contributed by atoms with van der Waals surface area (Å²) >= 11 is -1.57. The first kappa shape index (κ1) is 24.9. The van der Waals surface area contributed by atoms with E-state index in [1.165, 1.54) is 26.5 Å². The molecule has 180 valence electrons. The van der Waals surface area contributed by atoms with E-state index in [-0.39, 0.29) is 28.2 Å². The molecule has 1 unspecified atom stereocenters. The average Bonchev–Trinajstić information content (AvgIpc) is 3.17. The largest absolute Gasteiger partial charge is 0.479 e. The molecule has 0 aromatic carbocycles. The molecule has 0 aliphatic heterocycles. The molecular weight excluding hydrogens is 452 g/mol. The molecular formula is C21H34N4O5S2. The summed E-state index contributed by atoms with van der Waals surface area (Å²) in [5, 5.41) is 12.8. The summed E-state index contributed by atoms with van der Waals surface area (Å²) in [6, 6.07) is 0.238. The fourth-order valence-corrected chi connectivity index (χ4v) is 6.55. The lowest BCUT2D eigenvalue weighted by atomic mass is 9.84. The highest BCUT2D eigenvalue weighted by molar-refractivity contribution is 7.81. The number of carbonyl (C=O) groups is 2. The second kappa shape index (κ2) is 10.5. The maximum absolute atomic E-state index is 13.4. The zero-order valence-corrected chi connectivity index (χ0v) is 20.6. The van der Waals surface area contributed by atoms with Crippen molar-refractivity contribution in [2.24, 2.45) is 5.92 Å². The third-order valence-electron chi connectivity index (χ3n) is 6.68. The van der Waals surface area contributed by atoms with Crippen LogP contribution in [0, 0.1) is 5.92 Å². The highest BCUT2D eigenvalue weighted by Gasteiger charge is 2.40. The van der Waals surface area contributed by atoms with Crippen LogP contribution in [0.15, 0.2) is 6.20 Å². The number of carboxylic acid groups (broad SMARTS) is 1. The van der Waals surface area contributed by atoms with Crippen LogP contribution in [0.1, 0.15) is 78.6 Å². The van der Waals surface area contributed by atoms with Crippen molar-refractivity contribution >= 4 is 44.7 Å². The maximum Gasteiger partial charge on any atom is 0.330 e. The lowest BCUT2D eigenvalue weighted by Crippen LogP contribution is -2.51. The molecule has 2 amide bonds. The number of nitrogens with one attached hydrogen (secondary N) is 1. The molecule has 3 N–H and O–H groups in total. The van der Waals surface area contributed by atoms with Gasteiger partial charge in [0.05, 0.1) is 6.20 Å². The maximum atomic E-state index is 13.4. The normalized spacial score (nSPS) is 23.4. The lowest BCUT2D eigenvalue weighted by molar-refractivity contribution is -0.141. The Morgan fingerprint density at radius 1 is 1.12 bits per heavy atom. The Kier molecular flexibility index (Phi) is 8.16. The number of amides is 2. The number of aliphatic carboxylic acids is 1. The van der Waals surface area contributed by atoms with Crippen molar-refractivity contribution in [1.29, 1.82) is 0 Å². The Balaban J connectivity index is 1.78. The van der Waals surface area contributed by atoms with Crippen LogP contribution in [0.2, 0.25) is 0 Å². The van der Waals surface area contributed by atoms with Crippen LogP contribution in [0.3, 0.4) is 0 Å². The van der Waals surface area contributed by atoms with Crippen molar-refractivity contribution in [2.45, 2.75) is 96.2 Å². The number of nitrogens with zero attached hydrogens (tertiary/aromatic N) is 3. The Bertz CT molecular complexity index is 832. The van der Waals surface area contributed by atoms with Gasteiger partial charge in [0.1, 0.15) is 10.5 Å². The summed E-state index contributed by atoms with van der Waals surface area (Å²) < 4.78 is 22.5. The summed E-state index contributed by atoms with van der Waals surface area (Å²) in [6.45, 7) is 4.94. The van der Waals surface area contributed by atoms with Crippen LogP contribution in [0.4, 0.5) is 14.9 Å². The SMILES string of the molecule is CC1CCC(N(C(=O)Nc2ncc(N(S(=O)O)C(C)(C)C(=O)O)s2)C2CCCCC2)CC1. The summed E-state index contributed by atoms with van der Waals surface area (Å²) in [6.07, 6.45) is 11.0. The van der Waals surface area contributed by atoms with E-state index in [0.29, 0.717) is 5.92 Å². The molecule has 0 bridgehead atoms. The van der Waals surface area contributed by atoms with E-state index >= 15 is 0 Å². The monoisotopic (exact) mass is 486 g/mol. The van der Waals surface area contributed by atoms with Gasteiger partial charge >= 0.3 is 12.0 Å². The van der Waals surface area contributed by atoms with Crippen LogP contribution in [-0.2, 0) is 16.1 Å². The first-order valence-electron chi connectivity index (χ1n) is 11.3. The van der Waals surface area contributed by atoms with Crippen LogP contribution in [0.5, 0.6) is 0 Å². The van der Waals surface area contributed by atoms with E-state index in [9.17, 15) is 23.5 Å². The number of urea groups is 1. The van der Waals surface area contributed by atoms with E-state index in [1.54, 1.807) is 0 Å². The Morgan fingerprint density at radius 3 is 2.28 bits per heavy atom. The fourth-order valence-electron chi connectivity index (χ4n) is 4.72. The van der Waals surface area contributed by atoms with E-state index in [0.717, 1.165) is 67.0 Å². The molecule has 1 atom stereocenters. The van der Waals surface area contributed by atoms with E-state index < -0.39 is 22.8 Å². The second-order valence-electron chi connectivity index (χ2n) is 9.44. The Morgan fingerprint density at radius 2 is 1.72 bits per heavy atom. The zero-order valence-electron chi connectivity index (χ0n) is 19.0. The van der Waals surface area contributed by atoms with Gasteiger partial charge in [0.2, 0.25) is 0 Å². The standard InChI is InChI=1S/C21H34N4O5S2/c1-14-9-11-16(12-10-14)24(15-7-5-4-6-8-15)20(28)23-19-22-13-17(31-19)25(32(29)30)21(2,3)18(26)27/h13-16H,4-12H2,1-3H3,(H,26,27)(H,29,30)(H,22,23,28). The van der Waals surface area contributed by atoms with E-state index in [1.807, 2.05) is 4.90 Å². The number of aromatic nitrogens is 1. The smallest absolute Gasteiger partial charge is 0.330 e. The number of anilines is 2. The molecule has 0 radical (unpaired) electrons. The van der Waals surface area contributed by atoms with Crippen molar-refractivity contribution in [1.82, 2.24) is 9.88 Å². The summed E-state index contributed by atoms with van der Waals surface area (Å²) in [5.41, 5.74) is -1.62. The molecule has 9 nitrogen and oxygen atoms in total. The second-order valence-corrected chi connectivity index (χ2v) is 11.3. The first-order valence-corrected chi connectivity index (χ1v) is 13.2. The predicted molar refractivity (Wildman–Crippen MR) is 126 cm³/mol. The number of thiazole rings is 1. The molecule has 32 heavy (non-hydrogen) atoms. The molecule has 1 aromatic heterocycles. The van der Waals surface area contributed by atoms with Crippen LogP contribution in [0.25, 0.3) is 0 Å². The predicted octanol–water partition coefficient (Wildman–Crippen LogP) is 4.69. The third-order valence-corrected chi connectivity index (χ3v) is 8.66. The van der Waals surface area contributed by atoms with Gasteiger partial charge in [0.15, 0.2) is 5.13 Å². The van der Waals surface area contributed by atoms with E-state index in [4.69, 9.17) is 0 Å². The quantitative estimate of drug-likeness (QED) is 0.480. The van der Waals surface area contributed by atoms with Gasteiger partial charge in [-0.05, 0) is 58.3 Å². The van der Waals surface area contributed by atoms with E-state index in [2.05, 4.69) is 17.2 Å². The molecule has 2 fully saturated rings. The van der Waals surface area contributed by atoms with Crippen LogP contribution >= 0.6 is 11.3 Å². The van der Waals surface area contributed by atoms with Crippen molar-refractivity contribution in [3.05, 3.63) is 6.20 Å². The number of carbonyl (C=O) groups excluding carboxylic acids is 1. The van der Waals surface area contributed by atoms with Gasteiger partial charge in [-0.25, -0.2) is 23.1 Å². The number of hydrogen-bond donors (Lipinski definition) is 3. The van der Waals surface area contributed by atoms with Crippen LogP contribution < -0.4 is 9.62 Å². The number of hydrogen-bond acceptors (Lipinski definition) is 5. The molecule has 1 heterocycles. The Hall–Kier alpha value is -1.72. The number of rotatable bonds is 7. The topological polar surface area (TPSA) is 123 Å². The highest BCUT2D eigenvalue weighted by atomic mass is 32.2. The minimum absolute atomic E-state index is 0.188. The van der Waals surface area contributed by atoms with Gasteiger partial charge < -0.3 is 10.0 Å². The minimum atomic E-state index is -2.56. The van der Waals surface area contributed by atoms with Crippen molar-refractivity contribution in [3.63, 3.8) is 0 Å². The molecule has 2 saturated carbocycles. The van der Waals surface area contributed by atoms with Gasteiger partial charge in [-0.3, -0.25) is 9.87 Å². The summed E-state index contributed by atoms with van der Waals surface area (Å²) in [5.74, 6) is -0.555. The summed E-state index contributed by atoms with van der Waals surface area (Å²) in [7, 11) is 0. The van der Waals surface area contributed by atoms with Crippen molar-refractivity contribution in [3.8, 4) is 0 Å². The molecule has 11 heteroatoms. The fraction of sp³-hybridized carbons (Fsp3) is 0.762. The zero-order chi connectivity index (χ0) is 23.5. The Labute approximate surface area is 196 Å². The van der Waals surface area contributed by atoms with Crippen molar-refractivity contribution in [2.75, 3.05) is 9.62 Å². The molecule has 3 rings (SSSR count). The molecule has 0 spiro atoms. The lowest BCUT2D eigenvalue weighted by Gasteiger charge is -2.42. The van der Waals surface area contributed by atoms with Gasteiger partial charge in [-0.1, -0.05) is 37.5 Å². The van der Waals surface area contributed by atoms with Crippen LogP contribution in [-0.4, -0.2) is 53.4 Å². The molecule has 2 aliphatic carbocycles. The summed E-state index contributed by atoms with van der Waals surface area (Å²) in [4.78, 5) is 31.2. The van der Waals surface area contributed by atoms with Gasteiger partial charge in [-0.2, -0.15) is 0 Å². The molecule has 2 aliphatic rings. The highest BCUT2D eigenvalue weighted by Crippen LogP contribution is 2.35. The minimum Gasteiger partial charge on any atom is -0.479 e. The average molecular weight is 487 g/mol. The third kappa shape index (κ3) is 5.60. The van der Waals surface area contributed by atoms with Crippen molar-refractivity contribution < 1.29 is 23.5 Å². The first-order chi connectivity index (χ1) is 15.1. The molecule has 0 saturated heterocycles.